The van der Waals surface area contributed by atoms with Crippen LogP contribution in [0.2, 0.25) is 5.02 Å². The molecule has 0 saturated carbocycles. The highest BCUT2D eigenvalue weighted by molar-refractivity contribution is 7.98. The van der Waals surface area contributed by atoms with E-state index in [0.29, 0.717) is 15.6 Å². The number of carboxylic acid groups (broad SMARTS) is 1. The van der Waals surface area contributed by atoms with Crippen LogP contribution in [-0.4, -0.2) is 22.3 Å². The van der Waals surface area contributed by atoms with E-state index in [-0.39, 0.29) is 5.56 Å². The van der Waals surface area contributed by atoms with Crippen LogP contribution in [-0.2, 0) is 0 Å². The molecular weight excluding hydrogens is 286 g/mol. The third-order valence-corrected chi connectivity index (χ3v) is 3.60. The Morgan fingerprint density at radius 2 is 1.95 bits per heavy atom. The summed E-state index contributed by atoms with van der Waals surface area (Å²) in [6.07, 6.45) is 1.73. The van der Waals surface area contributed by atoms with Gasteiger partial charge < -0.3 is 10.1 Å². The summed E-state index contributed by atoms with van der Waals surface area (Å²) in [4.78, 5) is 25.9. The van der Waals surface area contributed by atoms with Crippen molar-refractivity contribution in [3.63, 3.8) is 0 Å². The number of hydrogen-bond donors (Lipinski definition) is 2. The fraction of sp³-hybridized carbons (Fsp3) is 0.0769. The summed E-state index contributed by atoms with van der Waals surface area (Å²) in [6, 6.07) is 8.59. The first-order valence-corrected chi connectivity index (χ1v) is 6.93. The van der Waals surface area contributed by atoms with Crippen molar-refractivity contribution in [2.45, 2.75) is 4.90 Å². The van der Waals surface area contributed by atoms with Gasteiger partial charge in [0.15, 0.2) is 0 Å². The van der Waals surface area contributed by atoms with Crippen molar-refractivity contribution >= 4 is 29.3 Å². The molecular formula is C13H10ClNO3S. The smallest absolute Gasteiger partial charge is 0.342 e. The quantitative estimate of drug-likeness (QED) is 0.854. The van der Waals surface area contributed by atoms with Crippen molar-refractivity contribution in [3.8, 4) is 11.3 Å². The summed E-state index contributed by atoms with van der Waals surface area (Å²) >= 11 is 7.02. The monoisotopic (exact) mass is 295 g/mol. The van der Waals surface area contributed by atoms with Crippen LogP contribution in [0.25, 0.3) is 11.3 Å². The molecule has 0 fully saturated rings. The van der Waals surface area contributed by atoms with Crippen LogP contribution >= 0.6 is 23.4 Å². The summed E-state index contributed by atoms with van der Waals surface area (Å²) in [5.74, 6) is -1.23. The number of aromatic nitrogens is 1. The van der Waals surface area contributed by atoms with Gasteiger partial charge >= 0.3 is 5.97 Å². The molecule has 2 N–H and O–H groups in total. The number of H-pyrrole nitrogens is 1. The van der Waals surface area contributed by atoms with E-state index in [1.807, 2.05) is 0 Å². The van der Waals surface area contributed by atoms with Gasteiger partial charge in [-0.15, -0.1) is 11.8 Å². The van der Waals surface area contributed by atoms with Crippen molar-refractivity contribution in [1.29, 1.82) is 0 Å². The average Bonchev–Trinajstić information content (AvgIpc) is 2.38. The average molecular weight is 296 g/mol. The van der Waals surface area contributed by atoms with Gasteiger partial charge in [-0.1, -0.05) is 23.7 Å². The minimum Gasteiger partial charge on any atom is -0.477 e. The summed E-state index contributed by atoms with van der Waals surface area (Å²) in [5.41, 5.74) is 0.499. The number of carboxylic acids is 1. The van der Waals surface area contributed by atoms with Gasteiger partial charge in [-0.05, 0) is 30.0 Å². The van der Waals surface area contributed by atoms with Crippen LogP contribution in [0.1, 0.15) is 10.4 Å². The van der Waals surface area contributed by atoms with Crippen molar-refractivity contribution in [3.05, 3.63) is 51.3 Å². The SMILES string of the molecule is CSc1cc(-c2ccc(Cl)cc2)[nH]c(=O)c1C(=O)O. The first-order chi connectivity index (χ1) is 9.02. The molecule has 2 aromatic rings. The molecule has 0 spiro atoms. The number of nitrogens with one attached hydrogen (secondary N) is 1. The highest BCUT2D eigenvalue weighted by Crippen LogP contribution is 2.24. The molecule has 0 radical (unpaired) electrons. The van der Waals surface area contributed by atoms with Gasteiger partial charge in [0.25, 0.3) is 5.56 Å². The minimum absolute atomic E-state index is 0.231. The normalized spacial score (nSPS) is 10.4. The second-order valence-corrected chi connectivity index (χ2v) is 5.05. The molecule has 0 aliphatic rings. The molecule has 1 heterocycles. The number of pyridine rings is 1. The van der Waals surface area contributed by atoms with Gasteiger partial charge in [-0.3, -0.25) is 4.79 Å². The van der Waals surface area contributed by atoms with Gasteiger partial charge in [0.2, 0.25) is 0 Å². The molecule has 6 heteroatoms. The fourth-order valence-electron chi connectivity index (χ4n) is 1.68. The lowest BCUT2D eigenvalue weighted by atomic mass is 10.1. The van der Waals surface area contributed by atoms with Crippen molar-refractivity contribution in [1.82, 2.24) is 4.98 Å². The molecule has 0 aliphatic carbocycles. The number of halogens is 1. The summed E-state index contributed by atoms with van der Waals surface area (Å²) in [5, 5.41) is 9.62. The van der Waals surface area contributed by atoms with Crippen LogP contribution in [0.3, 0.4) is 0 Å². The van der Waals surface area contributed by atoms with Crippen molar-refractivity contribution in [2.75, 3.05) is 6.26 Å². The number of thioether (sulfide) groups is 1. The number of benzene rings is 1. The van der Waals surface area contributed by atoms with E-state index in [1.165, 1.54) is 11.8 Å². The predicted molar refractivity (Wildman–Crippen MR) is 76.2 cm³/mol. The lowest BCUT2D eigenvalue weighted by Gasteiger charge is -2.07. The van der Waals surface area contributed by atoms with E-state index in [4.69, 9.17) is 16.7 Å². The van der Waals surface area contributed by atoms with E-state index in [9.17, 15) is 9.59 Å². The second-order valence-electron chi connectivity index (χ2n) is 3.77. The Hall–Kier alpha value is -1.72. The Morgan fingerprint density at radius 3 is 2.47 bits per heavy atom. The number of rotatable bonds is 3. The summed E-state index contributed by atoms with van der Waals surface area (Å²) in [7, 11) is 0. The highest BCUT2D eigenvalue weighted by Gasteiger charge is 2.16. The van der Waals surface area contributed by atoms with E-state index >= 15 is 0 Å². The molecule has 0 saturated heterocycles. The van der Waals surface area contributed by atoms with Gasteiger partial charge in [-0.25, -0.2) is 4.79 Å². The standard InChI is InChI=1S/C13H10ClNO3S/c1-19-10-6-9(7-2-4-8(14)5-3-7)15-12(16)11(10)13(17)18/h2-6H,1H3,(H,15,16)(H,17,18). The molecule has 0 amide bonds. The molecule has 0 bridgehead atoms. The van der Waals surface area contributed by atoms with Crippen molar-refractivity contribution in [2.24, 2.45) is 0 Å². The lowest BCUT2D eigenvalue weighted by molar-refractivity contribution is 0.0691. The molecule has 98 valence electrons. The maximum Gasteiger partial charge on any atom is 0.342 e. The topological polar surface area (TPSA) is 70.2 Å². The van der Waals surface area contributed by atoms with Crippen LogP contribution in [0, 0.1) is 0 Å². The molecule has 1 aromatic heterocycles. The molecule has 1 aromatic carbocycles. The Balaban J connectivity index is 2.61. The van der Waals surface area contributed by atoms with E-state index in [0.717, 1.165) is 5.56 Å². The minimum atomic E-state index is -1.23. The van der Waals surface area contributed by atoms with E-state index < -0.39 is 11.5 Å². The van der Waals surface area contributed by atoms with Crippen LogP contribution < -0.4 is 5.56 Å². The third kappa shape index (κ3) is 2.83. The van der Waals surface area contributed by atoms with Crippen LogP contribution in [0.4, 0.5) is 0 Å². The summed E-state index contributed by atoms with van der Waals surface area (Å²) in [6.45, 7) is 0. The highest BCUT2D eigenvalue weighted by atomic mass is 35.5. The number of hydrogen-bond acceptors (Lipinski definition) is 3. The summed E-state index contributed by atoms with van der Waals surface area (Å²) < 4.78 is 0. The third-order valence-electron chi connectivity index (χ3n) is 2.59. The number of aromatic carboxylic acids is 1. The van der Waals surface area contributed by atoms with Gasteiger partial charge in [-0.2, -0.15) is 0 Å². The lowest BCUT2D eigenvalue weighted by Crippen LogP contribution is -2.19. The van der Waals surface area contributed by atoms with Crippen LogP contribution in [0.15, 0.2) is 40.0 Å². The van der Waals surface area contributed by atoms with E-state index in [1.54, 1.807) is 36.6 Å². The van der Waals surface area contributed by atoms with Gasteiger partial charge in [0, 0.05) is 15.6 Å². The molecule has 4 nitrogen and oxygen atoms in total. The Labute approximate surface area is 118 Å². The molecule has 0 atom stereocenters. The zero-order valence-corrected chi connectivity index (χ0v) is 11.5. The first-order valence-electron chi connectivity index (χ1n) is 5.33. The maximum atomic E-state index is 11.8. The predicted octanol–water partition coefficient (Wildman–Crippen LogP) is 3.12. The number of carbonyl (C=O) groups is 1. The Bertz CT molecular complexity index is 679. The van der Waals surface area contributed by atoms with Crippen molar-refractivity contribution < 1.29 is 9.90 Å². The van der Waals surface area contributed by atoms with Gasteiger partial charge in [0.1, 0.15) is 5.56 Å². The zero-order chi connectivity index (χ0) is 14.0. The Morgan fingerprint density at radius 1 is 1.32 bits per heavy atom. The number of aromatic amines is 1. The van der Waals surface area contributed by atoms with Gasteiger partial charge in [0.05, 0.1) is 0 Å². The van der Waals surface area contributed by atoms with Crippen LogP contribution in [0.5, 0.6) is 0 Å². The Kier molecular flexibility index (Phi) is 3.97. The van der Waals surface area contributed by atoms with E-state index in [2.05, 4.69) is 4.98 Å². The molecule has 0 aliphatic heterocycles. The molecule has 0 unspecified atom stereocenters. The second kappa shape index (κ2) is 5.50. The maximum absolute atomic E-state index is 11.8. The molecule has 19 heavy (non-hydrogen) atoms. The fourth-order valence-corrected chi connectivity index (χ4v) is 2.43. The first kappa shape index (κ1) is 13.7. The largest absolute Gasteiger partial charge is 0.477 e. The zero-order valence-electron chi connectivity index (χ0n) is 9.94. The molecule has 2 rings (SSSR count).